The average Bonchev–Trinajstić information content (AvgIpc) is 2.54. The third-order valence-electron chi connectivity index (χ3n) is 3.54. The summed E-state index contributed by atoms with van der Waals surface area (Å²) in [5, 5.41) is 0. The van der Waals surface area contributed by atoms with Gasteiger partial charge in [-0.2, -0.15) is 0 Å². The highest BCUT2D eigenvalue weighted by Crippen LogP contribution is 2.23. The first-order valence-electron chi connectivity index (χ1n) is 6.44. The highest BCUT2D eigenvalue weighted by Gasteiger charge is 2.27. The van der Waals surface area contributed by atoms with Gasteiger partial charge in [0.25, 0.3) is 0 Å². The molecule has 1 unspecified atom stereocenters. The van der Waals surface area contributed by atoms with Gasteiger partial charge >= 0.3 is 0 Å². The van der Waals surface area contributed by atoms with Crippen molar-refractivity contribution in [2.24, 2.45) is 5.92 Å². The fraction of sp³-hybridized carbons (Fsp3) is 0.923. The average molecular weight is 290 g/mol. The number of rotatable bonds is 3. The molecule has 0 aromatic rings. The molecule has 1 amide bonds. The van der Waals surface area contributed by atoms with E-state index in [1.807, 2.05) is 11.9 Å². The van der Waals surface area contributed by atoms with Gasteiger partial charge in [-0.15, -0.1) is 0 Å². The zero-order valence-electron chi connectivity index (χ0n) is 10.7. The van der Waals surface area contributed by atoms with Crippen LogP contribution in [-0.4, -0.2) is 28.7 Å². The second kappa shape index (κ2) is 6.63. The molecular weight excluding hydrogens is 266 g/mol. The predicted octanol–water partition coefficient (Wildman–Crippen LogP) is 3.59. The van der Waals surface area contributed by atoms with Crippen LogP contribution in [0.1, 0.15) is 52.4 Å². The van der Waals surface area contributed by atoms with Gasteiger partial charge in [0.15, 0.2) is 0 Å². The quantitative estimate of drug-likeness (QED) is 0.574. The Labute approximate surface area is 108 Å². The Morgan fingerprint density at radius 3 is 2.12 bits per heavy atom. The summed E-state index contributed by atoms with van der Waals surface area (Å²) in [4.78, 5) is 14.1. The van der Waals surface area contributed by atoms with Gasteiger partial charge in [0, 0.05) is 13.1 Å². The third-order valence-corrected chi connectivity index (χ3v) is 4.99. The molecule has 0 bridgehead atoms. The molecular formula is C13H24BrNO. The molecule has 16 heavy (non-hydrogen) atoms. The summed E-state index contributed by atoms with van der Waals surface area (Å²) < 4.78 is 0. The first-order valence-corrected chi connectivity index (χ1v) is 7.36. The molecule has 1 aliphatic rings. The van der Waals surface area contributed by atoms with E-state index in [2.05, 4.69) is 29.8 Å². The molecule has 0 spiro atoms. The van der Waals surface area contributed by atoms with E-state index in [0.29, 0.717) is 12.0 Å². The molecule has 1 atom stereocenters. The molecule has 0 radical (unpaired) electrons. The van der Waals surface area contributed by atoms with E-state index in [-0.39, 0.29) is 10.7 Å². The van der Waals surface area contributed by atoms with E-state index in [1.54, 1.807) is 0 Å². The zero-order chi connectivity index (χ0) is 12.1. The topological polar surface area (TPSA) is 20.3 Å². The lowest BCUT2D eigenvalue weighted by atomic mass is 10.1. The summed E-state index contributed by atoms with van der Waals surface area (Å²) in [7, 11) is 1.97. The van der Waals surface area contributed by atoms with Crippen LogP contribution in [0.5, 0.6) is 0 Å². The maximum absolute atomic E-state index is 12.2. The largest absolute Gasteiger partial charge is 0.342 e. The van der Waals surface area contributed by atoms with E-state index >= 15 is 0 Å². The Kier molecular flexibility index (Phi) is 5.81. The molecule has 1 saturated carbocycles. The number of amides is 1. The van der Waals surface area contributed by atoms with Gasteiger partial charge < -0.3 is 4.90 Å². The van der Waals surface area contributed by atoms with Gasteiger partial charge in [-0.25, -0.2) is 0 Å². The maximum Gasteiger partial charge on any atom is 0.236 e. The Morgan fingerprint density at radius 2 is 1.69 bits per heavy atom. The second-order valence-electron chi connectivity index (χ2n) is 5.24. The number of alkyl halides is 1. The standard InChI is InChI=1S/C13H24BrNO/c1-10(2)12(14)13(16)15(3)11-8-6-4-5-7-9-11/h10-12H,4-9H2,1-3H3. The van der Waals surface area contributed by atoms with Crippen LogP contribution in [0, 0.1) is 5.92 Å². The summed E-state index contributed by atoms with van der Waals surface area (Å²) in [6.07, 6.45) is 7.58. The van der Waals surface area contributed by atoms with Crippen molar-refractivity contribution in [2.75, 3.05) is 7.05 Å². The number of hydrogen-bond acceptors (Lipinski definition) is 1. The zero-order valence-corrected chi connectivity index (χ0v) is 12.3. The lowest BCUT2D eigenvalue weighted by Gasteiger charge is -2.30. The molecule has 0 aromatic heterocycles. The Morgan fingerprint density at radius 1 is 1.19 bits per heavy atom. The van der Waals surface area contributed by atoms with E-state index < -0.39 is 0 Å². The van der Waals surface area contributed by atoms with Gasteiger partial charge in [0.05, 0.1) is 4.83 Å². The van der Waals surface area contributed by atoms with Crippen molar-refractivity contribution in [3.05, 3.63) is 0 Å². The van der Waals surface area contributed by atoms with Gasteiger partial charge in [-0.3, -0.25) is 4.79 Å². The number of carbonyl (C=O) groups excluding carboxylic acids is 1. The summed E-state index contributed by atoms with van der Waals surface area (Å²) in [5.74, 6) is 0.614. The Hall–Kier alpha value is -0.0500. The van der Waals surface area contributed by atoms with Crippen LogP contribution in [0.25, 0.3) is 0 Å². The summed E-state index contributed by atoms with van der Waals surface area (Å²) >= 11 is 3.50. The van der Waals surface area contributed by atoms with Crippen LogP contribution in [0.15, 0.2) is 0 Å². The molecule has 0 aromatic carbocycles. The SMILES string of the molecule is CC(C)C(Br)C(=O)N(C)C1CCCCCC1. The van der Waals surface area contributed by atoms with Crippen LogP contribution in [0.4, 0.5) is 0 Å². The number of nitrogens with zero attached hydrogens (tertiary/aromatic N) is 1. The van der Waals surface area contributed by atoms with E-state index in [1.165, 1.54) is 38.5 Å². The van der Waals surface area contributed by atoms with Gasteiger partial charge in [-0.05, 0) is 18.8 Å². The first-order chi connectivity index (χ1) is 7.54. The molecule has 0 saturated heterocycles. The molecule has 2 nitrogen and oxygen atoms in total. The molecule has 1 aliphatic carbocycles. The van der Waals surface area contributed by atoms with Crippen LogP contribution < -0.4 is 0 Å². The molecule has 94 valence electrons. The highest BCUT2D eigenvalue weighted by atomic mass is 79.9. The van der Waals surface area contributed by atoms with Crippen molar-refractivity contribution >= 4 is 21.8 Å². The van der Waals surface area contributed by atoms with Crippen molar-refractivity contribution in [3.8, 4) is 0 Å². The molecule has 0 heterocycles. The number of halogens is 1. The van der Waals surface area contributed by atoms with Crippen molar-refractivity contribution in [1.82, 2.24) is 4.90 Å². The van der Waals surface area contributed by atoms with Crippen LogP contribution in [-0.2, 0) is 4.79 Å². The minimum absolute atomic E-state index is 0.0271. The number of carbonyl (C=O) groups is 1. The van der Waals surface area contributed by atoms with Crippen molar-refractivity contribution in [2.45, 2.75) is 63.2 Å². The fourth-order valence-electron chi connectivity index (χ4n) is 2.30. The van der Waals surface area contributed by atoms with Crippen molar-refractivity contribution < 1.29 is 4.79 Å². The lowest BCUT2D eigenvalue weighted by Crippen LogP contribution is -2.42. The summed E-state index contributed by atoms with van der Waals surface area (Å²) in [6, 6.07) is 0.466. The van der Waals surface area contributed by atoms with E-state index in [4.69, 9.17) is 0 Å². The van der Waals surface area contributed by atoms with E-state index in [9.17, 15) is 4.79 Å². The minimum atomic E-state index is -0.0271. The maximum atomic E-state index is 12.2. The normalized spacial score (nSPS) is 20.6. The third kappa shape index (κ3) is 3.76. The Bertz CT molecular complexity index is 222. The molecule has 0 N–H and O–H groups in total. The van der Waals surface area contributed by atoms with Gasteiger partial charge in [0.2, 0.25) is 5.91 Å². The highest BCUT2D eigenvalue weighted by molar-refractivity contribution is 9.10. The smallest absolute Gasteiger partial charge is 0.236 e. The Balaban J connectivity index is 2.54. The predicted molar refractivity (Wildman–Crippen MR) is 71.8 cm³/mol. The van der Waals surface area contributed by atoms with Gasteiger partial charge in [0.1, 0.15) is 0 Å². The summed E-state index contributed by atoms with van der Waals surface area (Å²) in [6.45, 7) is 4.16. The monoisotopic (exact) mass is 289 g/mol. The van der Waals surface area contributed by atoms with Crippen molar-refractivity contribution in [3.63, 3.8) is 0 Å². The lowest BCUT2D eigenvalue weighted by molar-refractivity contribution is -0.132. The minimum Gasteiger partial charge on any atom is -0.342 e. The molecule has 1 rings (SSSR count). The van der Waals surface area contributed by atoms with Crippen LogP contribution in [0.3, 0.4) is 0 Å². The van der Waals surface area contributed by atoms with Crippen molar-refractivity contribution in [1.29, 1.82) is 0 Å². The fourth-order valence-corrected chi connectivity index (χ4v) is 2.63. The molecule has 1 fully saturated rings. The van der Waals surface area contributed by atoms with E-state index in [0.717, 1.165) is 0 Å². The van der Waals surface area contributed by atoms with Crippen LogP contribution >= 0.6 is 15.9 Å². The summed E-state index contributed by atoms with van der Waals surface area (Å²) in [5.41, 5.74) is 0. The second-order valence-corrected chi connectivity index (χ2v) is 6.23. The van der Waals surface area contributed by atoms with Crippen LogP contribution in [0.2, 0.25) is 0 Å². The first kappa shape index (κ1) is 14.0. The molecule has 0 aliphatic heterocycles. The molecule has 3 heteroatoms. The van der Waals surface area contributed by atoms with Gasteiger partial charge in [-0.1, -0.05) is 55.5 Å². The number of hydrogen-bond donors (Lipinski definition) is 0.